The van der Waals surface area contributed by atoms with Crippen molar-refractivity contribution in [3.8, 4) is 0 Å². The van der Waals surface area contributed by atoms with Crippen LogP contribution in [0, 0.1) is 5.92 Å². The van der Waals surface area contributed by atoms with E-state index in [2.05, 4.69) is 6.58 Å². The number of carbonyl (C=O) groups excluding carboxylic acids is 1. The second-order valence-corrected chi connectivity index (χ2v) is 4.29. The highest BCUT2D eigenvalue weighted by atomic mass is 16.5. The van der Waals surface area contributed by atoms with Crippen molar-refractivity contribution in [1.82, 2.24) is 0 Å². The first-order valence-electron chi connectivity index (χ1n) is 5.57. The normalized spacial score (nSPS) is 31.0. The van der Waals surface area contributed by atoms with Crippen LogP contribution in [0.3, 0.4) is 0 Å². The molecule has 1 aliphatic carbocycles. The van der Waals surface area contributed by atoms with Crippen LogP contribution in [0.1, 0.15) is 39.5 Å². The third-order valence-corrected chi connectivity index (χ3v) is 3.10. The molecule has 1 fully saturated rings. The van der Waals surface area contributed by atoms with Gasteiger partial charge in [-0.3, -0.25) is 0 Å². The van der Waals surface area contributed by atoms with Gasteiger partial charge >= 0.3 is 5.97 Å². The van der Waals surface area contributed by atoms with Crippen molar-refractivity contribution < 1.29 is 14.6 Å². The minimum Gasteiger partial charge on any atom is -0.464 e. The Morgan fingerprint density at radius 1 is 1.60 bits per heavy atom. The predicted octanol–water partition coefficient (Wildman–Crippen LogP) is 2.05. The molecule has 0 heterocycles. The molecule has 0 unspecified atom stereocenters. The lowest BCUT2D eigenvalue weighted by molar-refractivity contribution is -0.173. The first kappa shape index (κ1) is 12.2. The van der Waals surface area contributed by atoms with Crippen LogP contribution in [-0.2, 0) is 9.53 Å². The summed E-state index contributed by atoms with van der Waals surface area (Å²) in [6.45, 7) is 7.77. The van der Waals surface area contributed by atoms with Gasteiger partial charge in [-0.25, -0.2) is 4.79 Å². The van der Waals surface area contributed by atoms with Gasteiger partial charge in [0.2, 0.25) is 0 Å². The topological polar surface area (TPSA) is 46.5 Å². The highest BCUT2D eigenvalue weighted by molar-refractivity contribution is 5.80. The summed E-state index contributed by atoms with van der Waals surface area (Å²) in [6.07, 6.45) is 3.23. The standard InChI is InChI=1S/C12H20O3/c1-4-15-11(13)12(14)8-6-5-7-10(12)9(2)3/h10,14H,2,4-8H2,1,3H3/t10-,12+/m1/s1. The monoisotopic (exact) mass is 212 g/mol. The van der Waals surface area contributed by atoms with E-state index in [0.717, 1.165) is 24.8 Å². The quantitative estimate of drug-likeness (QED) is 0.575. The molecule has 3 heteroatoms. The number of hydrogen-bond acceptors (Lipinski definition) is 3. The van der Waals surface area contributed by atoms with Crippen molar-refractivity contribution >= 4 is 5.97 Å². The molecule has 3 nitrogen and oxygen atoms in total. The molecule has 0 aromatic carbocycles. The first-order chi connectivity index (χ1) is 7.02. The fraction of sp³-hybridized carbons (Fsp3) is 0.750. The van der Waals surface area contributed by atoms with Gasteiger partial charge in [0.15, 0.2) is 5.60 Å². The summed E-state index contributed by atoms with van der Waals surface area (Å²) in [5.41, 5.74) is -0.467. The summed E-state index contributed by atoms with van der Waals surface area (Å²) in [4.78, 5) is 11.7. The summed E-state index contributed by atoms with van der Waals surface area (Å²) >= 11 is 0. The number of hydrogen-bond donors (Lipinski definition) is 1. The van der Waals surface area contributed by atoms with Gasteiger partial charge in [0.1, 0.15) is 0 Å². The molecule has 0 amide bonds. The van der Waals surface area contributed by atoms with Crippen LogP contribution in [-0.4, -0.2) is 23.3 Å². The summed E-state index contributed by atoms with van der Waals surface area (Å²) in [5.74, 6) is -0.636. The van der Waals surface area contributed by atoms with Gasteiger partial charge in [0.05, 0.1) is 6.61 Å². The Hall–Kier alpha value is -0.830. The zero-order valence-corrected chi connectivity index (χ0v) is 9.58. The largest absolute Gasteiger partial charge is 0.464 e. The van der Waals surface area contributed by atoms with Crippen LogP contribution in [0.5, 0.6) is 0 Å². The van der Waals surface area contributed by atoms with Crippen LogP contribution < -0.4 is 0 Å². The fourth-order valence-corrected chi connectivity index (χ4v) is 2.31. The van der Waals surface area contributed by atoms with Crippen molar-refractivity contribution in [2.45, 2.75) is 45.1 Å². The molecule has 0 spiro atoms. The van der Waals surface area contributed by atoms with E-state index < -0.39 is 11.6 Å². The van der Waals surface area contributed by atoms with Crippen molar-refractivity contribution in [2.75, 3.05) is 6.61 Å². The third kappa shape index (κ3) is 2.40. The molecule has 0 bridgehead atoms. The van der Waals surface area contributed by atoms with Crippen LogP contribution >= 0.6 is 0 Å². The van der Waals surface area contributed by atoms with Crippen molar-refractivity contribution in [3.63, 3.8) is 0 Å². The number of rotatable bonds is 3. The fourth-order valence-electron chi connectivity index (χ4n) is 2.31. The second-order valence-electron chi connectivity index (χ2n) is 4.29. The summed E-state index contributed by atoms with van der Waals surface area (Å²) in [5, 5.41) is 10.4. The molecule has 15 heavy (non-hydrogen) atoms. The molecule has 1 aliphatic rings. The molecule has 86 valence electrons. The van der Waals surface area contributed by atoms with E-state index in [9.17, 15) is 9.90 Å². The Labute approximate surface area is 91.1 Å². The molecule has 1 saturated carbocycles. The second kappa shape index (κ2) is 4.79. The van der Waals surface area contributed by atoms with E-state index in [1.54, 1.807) is 6.92 Å². The van der Waals surface area contributed by atoms with Crippen LogP contribution in [0.4, 0.5) is 0 Å². The van der Waals surface area contributed by atoms with E-state index in [4.69, 9.17) is 4.74 Å². The molecule has 0 aromatic rings. The molecule has 0 aliphatic heterocycles. The summed E-state index contributed by atoms with van der Waals surface area (Å²) in [6, 6.07) is 0. The predicted molar refractivity (Wildman–Crippen MR) is 58.4 cm³/mol. The molecule has 1 rings (SSSR count). The smallest absolute Gasteiger partial charge is 0.338 e. The highest BCUT2D eigenvalue weighted by Gasteiger charge is 2.46. The van der Waals surface area contributed by atoms with E-state index in [1.807, 2.05) is 6.92 Å². The van der Waals surface area contributed by atoms with Gasteiger partial charge < -0.3 is 9.84 Å². The average Bonchev–Trinajstić information content (AvgIpc) is 2.18. The molecular formula is C12H20O3. The van der Waals surface area contributed by atoms with Crippen molar-refractivity contribution in [1.29, 1.82) is 0 Å². The van der Waals surface area contributed by atoms with Crippen molar-refractivity contribution in [3.05, 3.63) is 12.2 Å². The number of ether oxygens (including phenoxy) is 1. The molecule has 0 aromatic heterocycles. The first-order valence-corrected chi connectivity index (χ1v) is 5.57. The Kier molecular flexibility index (Phi) is 3.91. The summed E-state index contributed by atoms with van der Waals surface area (Å²) < 4.78 is 4.93. The SMILES string of the molecule is C=C(C)[C@H]1CCCC[C@@]1(O)C(=O)OCC. The van der Waals surface area contributed by atoms with Gasteiger partial charge in [-0.2, -0.15) is 0 Å². The van der Waals surface area contributed by atoms with E-state index in [0.29, 0.717) is 13.0 Å². The van der Waals surface area contributed by atoms with Crippen LogP contribution in [0.15, 0.2) is 12.2 Å². The maximum absolute atomic E-state index is 11.7. The lowest BCUT2D eigenvalue weighted by Crippen LogP contribution is -2.49. The zero-order chi connectivity index (χ0) is 11.5. The van der Waals surface area contributed by atoms with Gasteiger partial charge in [-0.05, 0) is 33.1 Å². The Balaban J connectivity index is 2.85. The highest BCUT2D eigenvalue weighted by Crippen LogP contribution is 2.38. The average molecular weight is 212 g/mol. The van der Waals surface area contributed by atoms with Crippen molar-refractivity contribution in [2.24, 2.45) is 5.92 Å². The lowest BCUT2D eigenvalue weighted by Gasteiger charge is -2.38. The maximum Gasteiger partial charge on any atom is 0.338 e. The number of aliphatic hydroxyl groups is 1. The zero-order valence-electron chi connectivity index (χ0n) is 9.58. The van der Waals surface area contributed by atoms with E-state index >= 15 is 0 Å². The Morgan fingerprint density at radius 2 is 2.27 bits per heavy atom. The van der Waals surface area contributed by atoms with E-state index in [-0.39, 0.29) is 5.92 Å². The molecule has 2 atom stereocenters. The third-order valence-electron chi connectivity index (χ3n) is 3.10. The minimum absolute atomic E-state index is 0.148. The van der Waals surface area contributed by atoms with Gasteiger partial charge in [0.25, 0.3) is 0 Å². The lowest BCUT2D eigenvalue weighted by atomic mass is 9.72. The van der Waals surface area contributed by atoms with Crippen LogP contribution in [0.2, 0.25) is 0 Å². The van der Waals surface area contributed by atoms with Crippen LogP contribution in [0.25, 0.3) is 0 Å². The molecule has 0 radical (unpaired) electrons. The van der Waals surface area contributed by atoms with Gasteiger partial charge in [-0.1, -0.05) is 18.6 Å². The maximum atomic E-state index is 11.7. The minimum atomic E-state index is -1.33. The van der Waals surface area contributed by atoms with Gasteiger partial charge in [0, 0.05) is 5.92 Å². The summed E-state index contributed by atoms with van der Waals surface area (Å²) in [7, 11) is 0. The number of carbonyl (C=O) groups is 1. The Morgan fingerprint density at radius 3 is 2.80 bits per heavy atom. The molecule has 1 N–H and O–H groups in total. The Bertz CT molecular complexity index is 260. The van der Waals surface area contributed by atoms with Gasteiger partial charge in [-0.15, -0.1) is 0 Å². The van der Waals surface area contributed by atoms with E-state index in [1.165, 1.54) is 0 Å². The number of esters is 1. The molecular weight excluding hydrogens is 192 g/mol. The molecule has 0 saturated heterocycles.